The zero-order valence-electron chi connectivity index (χ0n) is 17.3. The van der Waals surface area contributed by atoms with Crippen molar-refractivity contribution < 1.29 is 34.2 Å². The number of H-pyrrole nitrogens is 1. The Kier molecular flexibility index (Phi) is 10.1. The van der Waals surface area contributed by atoms with Crippen molar-refractivity contribution in [3.8, 4) is 0 Å². The minimum atomic E-state index is -1.52. The van der Waals surface area contributed by atoms with Crippen LogP contribution in [0.1, 0.15) is 32.4 Å². The number of hydrogen-bond donors (Lipinski definition) is 7. The monoisotopic (exact) mass is 440 g/mol. The molecule has 3 unspecified atom stereocenters. The van der Waals surface area contributed by atoms with Gasteiger partial charge in [-0.3, -0.25) is 19.2 Å². The van der Waals surface area contributed by atoms with E-state index in [0.717, 1.165) is 0 Å². The van der Waals surface area contributed by atoms with Crippen molar-refractivity contribution in [1.29, 1.82) is 0 Å². The molecule has 0 bridgehead atoms. The maximum absolute atomic E-state index is 12.4. The first-order chi connectivity index (χ1) is 14.5. The molecule has 8 N–H and O–H groups in total. The molecule has 0 radical (unpaired) electrons. The summed E-state index contributed by atoms with van der Waals surface area (Å²) in [5, 5.41) is 24.9. The SMILES string of the molecule is CC(C)CC(NC(=O)C(CC(=O)O)NC(=O)CNC(=O)C(N)Cc1cnc[nH]1)C(=O)O. The molecule has 0 aromatic carbocycles. The Balaban J connectivity index is 2.63. The van der Waals surface area contributed by atoms with E-state index in [4.69, 9.17) is 10.8 Å². The maximum atomic E-state index is 12.4. The van der Waals surface area contributed by atoms with Gasteiger partial charge in [-0.15, -0.1) is 0 Å². The van der Waals surface area contributed by atoms with Crippen molar-refractivity contribution in [1.82, 2.24) is 25.9 Å². The molecule has 13 heteroatoms. The minimum absolute atomic E-state index is 0.0462. The smallest absolute Gasteiger partial charge is 0.326 e. The number of aliphatic carboxylic acids is 2. The number of aromatic nitrogens is 2. The van der Waals surface area contributed by atoms with Crippen LogP contribution in [0.2, 0.25) is 0 Å². The molecule has 0 spiro atoms. The average Bonchev–Trinajstić information content (AvgIpc) is 3.17. The average molecular weight is 440 g/mol. The Morgan fingerprint density at radius 2 is 1.77 bits per heavy atom. The van der Waals surface area contributed by atoms with Crippen LogP contribution in [0.3, 0.4) is 0 Å². The van der Waals surface area contributed by atoms with E-state index >= 15 is 0 Å². The van der Waals surface area contributed by atoms with Crippen molar-refractivity contribution in [3.05, 3.63) is 18.2 Å². The van der Waals surface area contributed by atoms with E-state index < -0.39 is 60.8 Å². The van der Waals surface area contributed by atoms with Gasteiger partial charge in [0, 0.05) is 18.3 Å². The quantitative estimate of drug-likeness (QED) is 0.180. The van der Waals surface area contributed by atoms with Gasteiger partial charge in [-0.1, -0.05) is 13.8 Å². The molecule has 3 amide bonds. The Morgan fingerprint density at radius 1 is 1.10 bits per heavy atom. The highest BCUT2D eigenvalue weighted by Crippen LogP contribution is 2.06. The summed E-state index contributed by atoms with van der Waals surface area (Å²) in [5.41, 5.74) is 6.37. The third kappa shape index (κ3) is 9.71. The number of carbonyl (C=O) groups excluding carboxylic acids is 3. The Labute approximate surface area is 178 Å². The number of carbonyl (C=O) groups is 5. The van der Waals surface area contributed by atoms with Crippen molar-refractivity contribution >= 4 is 29.7 Å². The number of hydrogen-bond acceptors (Lipinski definition) is 7. The maximum Gasteiger partial charge on any atom is 0.326 e. The molecule has 31 heavy (non-hydrogen) atoms. The van der Waals surface area contributed by atoms with Crippen LogP contribution in [0.15, 0.2) is 12.5 Å². The van der Waals surface area contributed by atoms with Gasteiger partial charge in [0.2, 0.25) is 17.7 Å². The van der Waals surface area contributed by atoms with E-state index in [-0.39, 0.29) is 18.8 Å². The first kappa shape index (κ1) is 25.6. The Bertz CT molecular complexity index is 780. The summed E-state index contributed by atoms with van der Waals surface area (Å²) in [6.07, 6.45) is 2.44. The molecular weight excluding hydrogens is 412 g/mol. The van der Waals surface area contributed by atoms with Crippen molar-refractivity contribution in [2.45, 2.75) is 51.2 Å². The third-order valence-electron chi connectivity index (χ3n) is 4.11. The lowest BCUT2D eigenvalue weighted by atomic mass is 10.0. The molecule has 1 rings (SSSR count). The zero-order chi connectivity index (χ0) is 23.6. The molecular formula is C18H28N6O7. The number of nitrogens with two attached hydrogens (primary N) is 1. The standard InChI is InChI=1S/C18H28N6O7/c1-9(2)3-13(18(30)31)24-17(29)12(5-15(26)27)23-14(25)7-21-16(28)11(19)4-10-6-20-8-22-10/h6,8-9,11-13H,3-5,7,19H2,1-2H3,(H,20,22)(H,21,28)(H,23,25)(H,24,29)(H,26,27)(H,30,31). The fourth-order valence-corrected chi connectivity index (χ4v) is 2.62. The van der Waals surface area contributed by atoms with E-state index in [1.165, 1.54) is 12.5 Å². The lowest BCUT2D eigenvalue weighted by molar-refractivity contribution is -0.143. The highest BCUT2D eigenvalue weighted by atomic mass is 16.4. The summed E-state index contributed by atoms with van der Waals surface area (Å²) < 4.78 is 0. The van der Waals surface area contributed by atoms with Crippen molar-refractivity contribution in [2.24, 2.45) is 11.7 Å². The lowest BCUT2D eigenvalue weighted by Gasteiger charge is -2.21. The van der Waals surface area contributed by atoms with Gasteiger partial charge in [-0.2, -0.15) is 0 Å². The summed E-state index contributed by atoms with van der Waals surface area (Å²) >= 11 is 0. The molecule has 0 aliphatic heterocycles. The van der Waals surface area contributed by atoms with E-state index in [1.807, 2.05) is 0 Å². The molecule has 0 aliphatic rings. The van der Waals surface area contributed by atoms with Crippen LogP contribution in [0.4, 0.5) is 0 Å². The molecule has 0 saturated heterocycles. The van der Waals surface area contributed by atoms with Crippen LogP contribution in [0, 0.1) is 5.92 Å². The predicted molar refractivity (Wildman–Crippen MR) is 106 cm³/mol. The number of amides is 3. The molecule has 1 heterocycles. The number of rotatable bonds is 13. The van der Waals surface area contributed by atoms with Gasteiger partial charge in [-0.25, -0.2) is 9.78 Å². The van der Waals surface area contributed by atoms with Crippen LogP contribution < -0.4 is 21.7 Å². The number of imidazole rings is 1. The molecule has 172 valence electrons. The van der Waals surface area contributed by atoms with Crippen LogP contribution in [-0.4, -0.2) is 74.5 Å². The molecule has 0 saturated carbocycles. The van der Waals surface area contributed by atoms with Gasteiger partial charge in [0.15, 0.2) is 0 Å². The molecule has 0 fully saturated rings. The molecule has 3 atom stereocenters. The van der Waals surface area contributed by atoms with Gasteiger partial charge < -0.3 is 36.9 Å². The van der Waals surface area contributed by atoms with Gasteiger partial charge in [0.1, 0.15) is 12.1 Å². The number of carboxylic acids is 2. The van der Waals surface area contributed by atoms with Crippen LogP contribution in [0.25, 0.3) is 0 Å². The number of carboxylic acid groups (broad SMARTS) is 2. The summed E-state index contributed by atoms with van der Waals surface area (Å²) in [5.74, 6) is -5.12. The number of nitrogens with one attached hydrogen (secondary N) is 4. The molecule has 13 nitrogen and oxygen atoms in total. The molecule has 1 aromatic rings. The van der Waals surface area contributed by atoms with E-state index in [1.54, 1.807) is 13.8 Å². The molecule has 1 aromatic heterocycles. The summed E-state index contributed by atoms with van der Waals surface area (Å²) in [7, 11) is 0. The first-order valence-corrected chi connectivity index (χ1v) is 9.54. The predicted octanol–water partition coefficient (Wildman–Crippen LogP) is -2.03. The Morgan fingerprint density at radius 3 is 2.29 bits per heavy atom. The second kappa shape index (κ2) is 12.3. The van der Waals surface area contributed by atoms with Gasteiger partial charge >= 0.3 is 11.9 Å². The largest absolute Gasteiger partial charge is 0.481 e. The van der Waals surface area contributed by atoms with Gasteiger partial charge in [-0.05, 0) is 12.3 Å². The fraction of sp³-hybridized carbons (Fsp3) is 0.556. The summed E-state index contributed by atoms with van der Waals surface area (Å²) in [6, 6.07) is -3.71. The minimum Gasteiger partial charge on any atom is -0.481 e. The normalized spacial score (nSPS) is 13.7. The lowest BCUT2D eigenvalue weighted by Crippen LogP contribution is -2.54. The van der Waals surface area contributed by atoms with Gasteiger partial charge in [0.05, 0.1) is 25.3 Å². The summed E-state index contributed by atoms with van der Waals surface area (Å²) in [6.45, 7) is 2.98. The fourth-order valence-electron chi connectivity index (χ4n) is 2.62. The first-order valence-electron chi connectivity index (χ1n) is 9.54. The second-order valence-corrected chi connectivity index (χ2v) is 7.35. The number of aromatic amines is 1. The van der Waals surface area contributed by atoms with Crippen molar-refractivity contribution in [2.75, 3.05) is 6.54 Å². The molecule has 0 aliphatic carbocycles. The zero-order valence-corrected chi connectivity index (χ0v) is 17.3. The van der Waals surface area contributed by atoms with E-state index in [2.05, 4.69) is 25.9 Å². The number of nitrogens with zero attached hydrogens (tertiary/aromatic N) is 1. The van der Waals surface area contributed by atoms with E-state index in [0.29, 0.717) is 5.69 Å². The van der Waals surface area contributed by atoms with Crippen molar-refractivity contribution in [3.63, 3.8) is 0 Å². The highest BCUT2D eigenvalue weighted by molar-refractivity contribution is 5.94. The third-order valence-corrected chi connectivity index (χ3v) is 4.11. The van der Waals surface area contributed by atoms with Gasteiger partial charge in [0.25, 0.3) is 0 Å². The highest BCUT2D eigenvalue weighted by Gasteiger charge is 2.29. The summed E-state index contributed by atoms with van der Waals surface area (Å²) in [4.78, 5) is 65.4. The van der Waals surface area contributed by atoms with Crippen LogP contribution in [0.5, 0.6) is 0 Å². The van der Waals surface area contributed by atoms with E-state index in [9.17, 15) is 29.1 Å². The Hall–Kier alpha value is -3.48. The van der Waals surface area contributed by atoms with Crippen LogP contribution in [-0.2, 0) is 30.4 Å². The van der Waals surface area contributed by atoms with Crippen LogP contribution >= 0.6 is 0 Å². The second-order valence-electron chi connectivity index (χ2n) is 7.35. The topological polar surface area (TPSA) is 217 Å².